The van der Waals surface area contributed by atoms with Gasteiger partial charge in [0, 0.05) is 12.6 Å². The molecule has 0 bridgehead atoms. The maximum absolute atomic E-state index is 11.8. The van der Waals surface area contributed by atoms with E-state index in [-0.39, 0.29) is 36.4 Å². The molecule has 0 aliphatic heterocycles. The second-order valence-corrected chi connectivity index (χ2v) is 5.81. The Kier molecular flexibility index (Phi) is 9.51. The van der Waals surface area contributed by atoms with Crippen LogP contribution in [0.15, 0.2) is 29.3 Å². The van der Waals surface area contributed by atoms with E-state index in [1.54, 1.807) is 7.11 Å². The van der Waals surface area contributed by atoms with Gasteiger partial charge >= 0.3 is 0 Å². The van der Waals surface area contributed by atoms with Gasteiger partial charge in [0.15, 0.2) is 5.96 Å². The summed E-state index contributed by atoms with van der Waals surface area (Å²) in [5.74, 6) is 1.01. The molecule has 1 aliphatic carbocycles. The molecule has 0 heterocycles. The lowest BCUT2D eigenvalue weighted by atomic mass is 9.96. The maximum atomic E-state index is 11.8. The molecule has 7 heteroatoms. The number of carbonyl (C=O) groups excluding carboxylic acids is 1. The van der Waals surface area contributed by atoms with Crippen LogP contribution in [0.25, 0.3) is 0 Å². The van der Waals surface area contributed by atoms with Crippen LogP contribution in [0, 0.1) is 0 Å². The number of halogens is 1. The van der Waals surface area contributed by atoms with E-state index in [4.69, 9.17) is 10.5 Å². The van der Waals surface area contributed by atoms with Crippen molar-refractivity contribution in [2.75, 3.05) is 13.7 Å². The van der Waals surface area contributed by atoms with E-state index in [9.17, 15) is 4.79 Å². The van der Waals surface area contributed by atoms with Crippen LogP contribution in [0.5, 0.6) is 5.75 Å². The smallest absolute Gasteiger partial charge is 0.242 e. The summed E-state index contributed by atoms with van der Waals surface area (Å²) in [6, 6.07) is 7.97. The molecule has 0 spiro atoms. The zero-order valence-electron chi connectivity index (χ0n) is 14.1. The van der Waals surface area contributed by atoms with Crippen molar-refractivity contribution in [2.24, 2.45) is 10.7 Å². The number of nitrogens with one attached hydrogen (secondary N) is 2. The Morgan fingerprint density at radius 1 is 1.25 bits per heavy atom. The number of nitrogens with two attached hydrogens (primary N) is 1. The normalized spacial score (nSPS) is 15.3. The third kappa shape index (κ3) is 7.37. The van der Waals surface area contributed by atoms with Crippen LogP contribution in [-0.2, 0) is 11.3 Å². The number of aliphatic imine (C=N–C) groups is 1. The first-order chi connectivity index (χ1) is 11.2. The highest BCUT2D eigenvalue weighted by Crippen LogP contribution is 2.17. The predicted molar refractivity (Wildman–Crippen MR) is 107 cm³/mol. The average Bonchev–Trinajstić information content (AvgIpc) is 2.59. The van der Waals surface area contributed by atoms with Crippen molar-refractivity contribution >= 4 is 35.8 Å². The van der Waals surface area contributed by atoms with Gasteiger partial charge in [0.05, 0.1) is 7.11 Å². The molecule has 1 aromatic rings. The van der Waals surface area contributed by atoms with Gasteiger partial charge in [-0.25, -0.2) is 4.99 Å². The lowest BCUT2D eigenvalue weighted by Crippen LogP contribution is -2.41. The minimum Gasteiger partial charge on any atom is -0.497 e. The molecule has 0 aromatic heterocycles. The quantitative estimate of drug-likeness (QED) is 0.355. The number of nitrogens with zero attached hydrogens (tertiary/aromatic N) is 1. The Morgan fingerprint density at radius 3 is 2.54 bits per heavy atom. The Balaban J connectivity index is 0.00000288. The van der Waals surface area contributed by atoms with Crippen molar-refractivity contribution < 1.29 is 9.53 Å². The van der Waals surface area contributed by atoms with Crippen molar-refractivity contribution in [2.45, 2.75) is 44.7 Å². The number of amides is 1. The summed E-state index contributed by atoms with van der Waals surface area (Å²) in [5, 5.41) is 6.02. The number of hydrogen-bond donors (Lipinski definition) is 3. The van der Waals surface area contributed by atoms with Crippen LogP contribution >= 0.6 is 24.0 Å². The summed E-state index contributed by atoms with van der Waals surface area (Å²) >= 11 is 0. The van der Waals surface area contributed by atoms with Crippen molar-refractivity contribution in [3.63, 3.8) is 0 Å². The van der Waals surface area contributed by atoms with Crippen LogP contribution in [0.2, 0.25) is 0 Å². The number of rotatable bonds is 6. The van der Waals surface area contributed by atoms with Gasteiger partial charge in [0.1, 0.15) is 12.3 Å². The third-order valence-corrected chi connectivity index (χ3v) is 4.00. The van der Waals surface area contributed by atoms with Crippen molar-refractivity contribution in [1.82, 2.24) is 10.6 Å². The lowest BCUT2D eigenvalue weighted by molar-refractivity contribution is -0.119. The van der Waals surface area contributed by atoms with Crippen molar-refractivity contribution in [1.29, 1.82) is 0 Å². The summed E-state index contributed by atoms with van der Waals surface area (Å²) in [6.45, 7) is 0.510. The predicted octanol–water partition coefficient (Wildman–Crippen LogP) is 2.17. The first-order valence-corrected chi connectivity index (χ1v) is 8.13. The summed E-state index contributed by atoms with van der Waals surface area (Å²) in [6.07, 6.45) is 6.00. The Labute approximate surface area is 160 Å². The molecule has 1 aromatic carbocycles. The second kappa shape index (κ2) is 11.1. The number of ether oxygens (including phenoxy) is 1. The van der Waals surface area contributed by atoms with Crippen LogP contribution in [0.1, 0.15) is 37.7 Å². The molecule has 134 valence electrons. The van der Waals surface area contributed by atoms with Crippen LogP contribution in [0.4, 0.5) is 0 Å². The molecule has 0 unspecified atom stereocenters. The van der Waals surface area contributed by atoms with E-state index in [1.807, 2.05) is 24.3 Å². The molecular weight excluding hydrogens is 419 g/mol. The van der Waals surface area contributed by atoms with Crippen LogP contribution in [0.3, 0.4) is 0 Å². The van der Waals surface area contributed by atoms with Gasteiger partial charge in [-0.2, -0.15) is 0 Å². The van der Waals surface area contributed by atoms with Gasteiger partial charge in [-0.15, -0.1) is 24.0 Å². The highest BCUT2D eigenvalue weighted by atomic mass is 127. The van der Waals surface area contributed by atoms with E-state index in [0.717, 1.165) is 24.2 Å². The summed E-state index contributed by atoms with van der Waals surface area (Å²) < 4.78 is 5.10. The number of methoxy groups -OCH3 is 1. The minimum absolute atomic E-state index is 0. The molecule has 6 nitrogen and oxygen atoms in total. The van der Waals surface area contributed by atoms with Gasteiger partial charge in [-0.05, 0) is 30.5 Å². The highest BCUT2D eigenvalue weighted by Gasteiger charge is 2.13. The maximum Gasteiger partial charge on any atom is 0.242 e. The molecule has 1 fully saturated rings. The number of hydrogen-bond acceptors (Lipinski definition) is 3. The van der Waals surface area contributed by atoms with E-state index in [1.165, 1.54) is 19.3 Å². The Morgan fingerprint density at radius 2 is 1.92 bits per heavy atom. The van der Waals surface area contributed by atoms with Gasteiger partial charge < -0.3 is 21.1 Å². The Hall–Kier alpha value is -1.51. The Bertz CT molecular complexity index is 528. The van der Waals surface area contributed by atoms with E-state index in [2.05, 4.69) is 15.6 Å². The molecule has 1 aliphatic rings. The molecule has 0 saturated heterocycles. The fourth-order valence-corrected chi connectivity index (χ4v) is 2.66. The first-order valence-electron chi connectivity index (χ1n) is 8.13. The molecule has 24 heavy (non-hydrogen) atoms. The molecular formula is C17H27IN4O2. The monoisotopic (exact) mass is 446 g/mol. The standard InChI is InChI=1S/C17H26N4O2.HI/c1-23-15-9-7-13(8-10-15)11-19-16(22)12-20-17(18)21-14-5-3-2-4-6-14;/h7-10,14H,2-6,11-12H2,1H3,(H,19,22)(H3,18,20,21);1H. The van der Waals surface area contributed by atoms with E-state index < -0.39 is 0 Å². The van der Waals surface area contributed by atoms with Gasteiger partial charge in [-0.3, -0.25) is 4.79 Å². The summed E-state index contributed by atoms with van der Waals surface area (Å²) in [4.78, 5) is 15.9. The van der Waals surface area contributed by atoms with Crippen LogP contribution < -0.4 is 21.1 Å². The first kappa shape index (κ1) is 20.5. The number of guanidine groups is 1. The summed E-state index contributed by atoms with van der Waals surface area (Å²) in [7, 11) is 1.63. The average molecular weight is 446 g/mol. The fraction of sp³-hybridized carbons (Fsp3) is 0.529. The van der Waals surface area contributed by atoms with Crippen LogP contribution in [-0.4, -0.2) is 31.6 Å². The number of carbonyl (C=O) groups is 1. The largest absolute Gasteiger partial charge is 0.497 e. The van der Waals surface area contributed by atoms with Gasteiger partial charge in [-0.1, -0.05) is 31.4 Å². The van der Waals surface area contributed by atoms with E-state index >= 15 is 0 Å². The fourth-order valence-electron chi connectivity index (χ4n) is 2.66. The van der Waals surface area contributed by atoms with Crippen molar-refractivity contribution in [3.8, 4) is 5.75 Å². The topological polar surface area (TPSA) is 88.7 Å². The van der Waals surface area contributed by atoms with E-state index in [0.29, 0.717) is 18.5 Å². The second-order valence-electron chi connectivity index (χ2n) is 5.81. The zero-order valence-corrected chi connectivity index (χ0v) is 16.4. The highest BCUT2D eigenvalue weighted by molar-refractivity contribution is 14.0. The molecule has 2 rings (SSSR count). The van der Waals surface area contributed by atoms with Crippen molar-refractivity contribution in [3.05, 3.63) is 29.8 Å². The molecule has 1 amide bonds. The summed E-state index contributed by atoms with van der Waals surface area (Å²) in [5.41, 5.74) is 6.85. The molecule has 1 saturated carbocycles. The molecule has 4 N–H and O–H groups in total. The number of benzene rings is 1. The molecule has 0 atom stereocenters. The zero-order chi connectivity index (χ0) is 16.5. The van der Waals surface area contributed by atoms with Gasteiger partial charge in [0.25, 0.3) is 0 Å². The SMILES string of the molecule is COc1ccc(CNC(=O)CN=C(N)NC2CCCCC2)cc1.I. The van der Waals surface area contributed by atoms with Gasteiger partial charge in [0.2, 0.25) is 5.91 Å². The molecule has 0 radical (unpaired) electrons. The minimum atomic E-state index is -0.144. The third-order valence-electron chi connectivity index (χ3n) is 4.00. The lowest BCUT2D eigenvalue weighted by Gasteiger charge is -2.23.